The molecule has 0 aliphatic rings. The van der Waals surface area contributed by atoms with E-state index in [1.807, 2.05) is 44.2 Å². The SMILES string of the molecule is CC(C)(CO)CNC(=O)c1ccc(C(=O)Nc2ccccc2)cc1. The van der Waals surface area contributed by atoms with Crippen LogP contribution in [-0.2, 0) is 0 Å². The highest BCUT2D eigenvalue weighted by atomic mass is 16.3. The molecule has 2 amide bonds. The van der Waals surface area contributed by atoms with Gasteiger partial charge in [-0.3, -0.25) is 9.59 Å². The van der Waals surface area contributed by atoms with Gasteiger partial charge in [-0.25, -0.2) is 0 Å². The number of amides is 2. The molecule has 0 saturated heterocycles. The molecule has 24 heavy (non-hydrogen) atoms. The lowest BCUT2D eigenvalue weighted by Crippen LogP contribution is -2.36. The van der Waals surface area contributed by atoms with Crippen molar-refractivity contribution in [1.29, 1.82) is 0 Å². The van der Waals surface area contributed by atoms with Crippen LogP contribution >= 0.6 is 0 Å². The van der Waals surface area contributed by atoms with Crippen LogP contribution in [0.25, 0.3) is 0 Å². The summed E-state index contributed by atoms with van der Waals surface area (Å²) in [5, 5.41) is 14.8. The summed E-state index contributed by atoms with van der Waals surface area (Å²) in [5.74, 6) is -0.457. The minimum atomic E-state index is -0.370. The van der Waals surface area contributed by atoms with E-state index in [-0.39, 0.29) is 23.8 Å². The molecule has 0 bridgehead atoms. The average Bonchev–Trinajstić information content (AvgIpc) is 2.61. The predicted molar refractivity (Wildman–Crippen MR) is 94.0 cm³/mol. The Morgan fingerprint density at radius 2 is 1.46 bits per heavy atom. The van der Waals surface area contributed by atoms with Gasteiger partial charge in [-0.2, -0.15) is 0 Å². The normalized spacial score (nSPS) is 11.0. The summed E-state index contributed by atoms with van der Waals surface area (Å²) in [6.45, 7) is 4.10. The maximum Gasteiger partial charge on any atom is 0.255 e. The molecule has 0 heterocycles. The van der Waals surface area contributed by atoms with Crippen LogP contribution in [0.2, 0.25) is 0 Å². The van der Waals surface area contributed by atoms with Crippen LogP contribution in [0.4, 0.5) is 5.69 Å². The molecule has 0 spiro atoms. The Labute approximate surface area is 141 Å². The minimum absolute atomic E-state index is 0.00806. The summed E-state index contributed by atoms with van der Waals surface area (Å²) in [4.78, 5) is 24.2. The van der Waals surface area contributed by atoms with Gasteiger partial charge in [0.15, 0.2) is 0 Å². The molecule has 0 unspecified atom stereocenters. The molecule has 2 aromatic rings. The van der Waals surface area contributed by atoms with E-state index in [4.69, 9.17) is 0 Å². The number of hydrogen-bond donors (Lipinski definition) is 3. The third-order valence-corrected chi connectivity index (χ3v) is 3.60. The molecule has 0 atom stereocenters. The second-order valence-corrected chi connectivity index (χ2v) is 6.40. The van der Waals surface area contributed by atoms with Gasteiger partial charge in [-0.05, 0) is 36.4 Å². The van der Waals surface area contributed by atoms with Gasteiger partial charge in [0.1, 0.15) is 0 Å². The second-order valence-electron chi connectivity index (χ2n) is 6.40. The molecular formula is C19H22N2O3. The Morgan fingerprint density at radius 3 is 2.00 bits per heavy atom. The largest absolute Gasteiger partial charge is 0.396 e. The van der Waals surface area contributed by atoms with E-state index in [0.717, 1.165) is 5.69 Å². The first-order valence-corrected chi connectivity index (χ1v) is 7.77. The molecule has 0 aliphatic carbocycles. The highest BCUT2D eigenvalue weighted by Gasteiger charge is 2.18. The molecule has 5 nitrogen and oxygen atoms in total. The van der Waals surface area contributed by atoms with Crippen LogP contribution in [0.3, 0.4) is 0 Å². The molecule has 2 aromatic carbocycles. The number of carbonyl (C=O) groups is 2. The predicted octanol–water partition coefficient (Wildman–Crippen LogP) is 2.69. The fourth-order valence-corrected chi connectivity index (χ4v) is 1.98. The maximum absolute atomic E-state index is 12.2. The highest BCUT2D eigenvalue weighted by molar-refractivity contribution is 6.05. The first kappa shape index (κ1) is 17.7. The van der Waals surface area contributed by atoms with Gasteiger partial charge in [-0.1, -0.05) is 32.0 Å². The smallest absolute Gasteiger partial charge is 0.255 e. The number of para-hydroxylation sites is 1. The van der Waals surface area contributed by atoms with Crippen molar-refractivity contribution in [3.8, 4) is 0 Å². The number of aliphatic hydroxyl groups is 1. The van der Waals surface area contributed by atoms with Crippen molar-refractivity contribution in [1.82, 2.24) is 5.32 Å². The van der Waals surface area contributed by atoms with E-state index >= 15 is 0 Å². The zero-order valence-electron chi connectivity index (χ0n) is 13.9. The Morgan fingerprint density at radius 1 is 0.917 bits per heavy atom. The fraction of sp³-hybridized carbons (Fsp3) is 0.263. The lowest BCUT2D eigenvalue weighted by atomic mass is 9.95. The summed E-state index contributed by atoms with van der Waals surface area (Å²) >= 11 is 0. The van der Waals surface area contributed by atoms with Gasteiger partial charge in [0.05, 0.1) is 0 Å². The molecule has 5 heteroatoms. The quantitative estimate of drug-likeness (QED) is 0.764. The van der Waals surface area contributed by atoms with Crippen molar-refractivity contribution in [2.45, 2.75) is 13.8 Å². The van der Waals surface area contributed by atoms with E-state index in [0.29, 0.717) is 17.7 Å². The Hall–Kier alpha value is -2.66. The molecule has 3 N–H and O–H groups in total. The van der Waals surface area contributed by atoms with Gasteiger partial charge in [-0.15, -0.1) is 0 Å². The van der Waals surface area contributed by atoms with E-state index in [1.54, 1.807) is 24.3 Å². The number of hydrogen-bond acceptors (Lipinski definition) is 3. The monoisotopic (exact) mass is 326 g/mol. The molecular weight excluding hydrogens is 304 g/mol. The third-order valence-electron chi connectivity index (χ3n) is 3.60. The average molecular weight is 326 g/mol. The van der Waals surface area contributed by atoms with Crippen molar-refractivity contribution in [3.63, 3.8) is 0 Å². The zero-order valence-corrected chi connectivity index (χ0v) is 13.9. The third kappa shape index (κ3) is 4.93. The van der Waals surface area contributed by atoms with Gasteiger partial charge in [0, 0.05) is 35.4 Å². The summed E-state index contributed by atoms with van der Waals surface area (Å²) in [6.07, 6.45) is 0. The molecule has 0 aliphatic heterocycles. The maximum atomic E-state index is 12.2. The number of rotatable bonds is 6. The van der Waals surface area contributed by atoms with Crippen molar-refractivity contribution < 1.29 is 14.7 Å². The summed E-state index contributed by atoms with van der Waals surface area (Å²) in [5.41, 5.74) is 1.30. The van der Waals surface area contributed by atoms with Crippen molar-refractivity contribution in [2.24, 2.45) is 5.41 Å². The summed E-state index contributed by atoms with van der Waals surface area (Å²) in [7, 11) is 0. The van der Waals surface area contributed by atoms with Crippen molar-refractivity contribution >= 4 is 17.5 Å². The van der Waals surface area contributed by atoms with E-state index in [9.17, 15) is 14.7 Å². The zero-order chi connectivity index (χ0) is 17.6. The van der Waals surface area contributed by atoms with Crippen LogP contribution in [0.5, 0.6) is 0 Å². The molecule has 0 saturated carbocycles. The second kappa shape index (κ2) is 7.75. The summed E-state index contributed by atoms with van der Waals surface area (Å²) in [6, 6.07) is 15.6. The fourth-order valence-electron chi connectivity index (χ4n) is 1.98. The molecule has 0 fully saturated rings. The molecule has 0 aromatic heterocycles. The van der Waals surface area contributed by atoms with Crippen LogP contribution in [0, 0.1) is 5.41 Å². The van der Waals surface area contributed by atoms with E-state index in [2.05, 4.69) is 10.6 Å². The number of benzene rings is 2. The standard InChI is InChI=1S/C19H22N2O3/c1-19(2,13-22)12-20-17(23)14-8-10-15(11-9-14)18(24)21-16-6-4-3-5-7-16/h3-11,22H,12-13H2,1-2H3,(H,20,23)(H,21,24). The van der Waals surface area contributed by atoms with E-state index in [1.165, 1.54) is 0 Å². The van der Waals surface area contributed by atoms with Gasteiger partial charge >= 0.3 is 0 Å². The van der Waals surface area contributed by atoms with Crippen LogP contribution in [0.1, 0.15) is 34.6 Å². The van der Waals surface area contributed by atoms with Gasteiger partial charge in [0.25, 0.3) is 11.8 Å². The van der Waals surface area contributed by atoms with Crippen molar-refractivity contribution in [2.75, 3.05) is 18.5 Å². The number of carbonyl (C=O) groups excluding carboxylic acids is 2. The Balaban J connectivity index is 1.97. The first-order chi connectivity index (χ1) is 11.4. The lowest BCUT2D eigenvalue weighted by molar-refractivity contribution is 0.0910. The van der Waals surface area contributed by atoms with Crippen LogP contribution < -0.4 is 10.6 Å². The number of nitrogens with one attached hydrogen (secondary N) is 2. The Kier molecular flexibility index (Phi) is 5.71. The Bertz CT molecular complexity index is 694. The highest BCUT2D eigenvalue weighted by Crippen LogP contribution is 2.13. The summed E-state index contributed by atoms with van der Waals surface area (Å²) < 4.78 is 0. The van der Waals surface area contributed by atoms with Crippen LogP contribution in [-0.4, -0.2) is 30.1 Å². The first-order valence-electron chi connectivity index (χ1n) is 7.77. The lowest BCUT2D eigenvalue weighted by Gasteiger charge is -2.21. The van der Waals surface area contributed by atoms with E-state index < -0.39 is 0 Å². The topological polar surface area (TPSA) is 78.4 Å². The molecule has 0 radical (unpaired) electrons. The number of aliphatic hydroxyl groups excluding tert-OH is 1. The van der Waals surface area contributed by atoms with Gasteiger partial charge in [0.2, 0.25) is 0 Å². The van der Waals surface area contributed by atoms with Crippen LogP contribution in [0.15, 0.2) is 54.6 Å². The van der Waals surface area contributed by atoms with Crippen molar-refractivity contribution in [3.05, 3.63) is 65.7 Å². The van der Waals surface area contributed by atoms with Gasteiger partial charge < -0.3 is 15.7 Å². The minimum Gasteiger partial charge on any atom is -0.396 e. The number of anilines is 1. The molecule has 126 valence electrons. The molecule has 2 rings (SSSR count).